The molecule has 0 aliphatic carbocycles. The summed E-state index contributed by atoms with van der Waals surface area (Å²) in [6.07, 6.45) is 3.17. The zero-order valence-corrected chi connectivity index (χ0v) is 41.1. The molecule has 0 spiro atoms. The molecule has 14 heteroatoms. The lowest BCUT2D eigenvalue weighted by molar-refractivity contribution is -0.141. The molecule has 4 N–H and O–H groups in total. The highest BCUT2D eigenvalue weighted by Gasteiger charge is 2.43. The van der Waals surface area contributed by atoms with E-state index in [0.717, 1.165) is 36.8 Å². The minimum Gasteiger partial charge on any atom is -0.342 e. The van der Waals surface area contributed by atoms with E-state index in [4.69, 9.17) is 0 Å². The fourth-order valence-electron chi connectivity index (χ4n) is 8.51. The number of carbonyl (C=O) groups excluding carboxylic acids is 6. The van der Waals surface area contributed by atoms with E-state index in [0.29, 0.717) is 37.3 Å². The fourth-order valence-corrected chi connectivity index (χ4v) is 8.51. The highest BCUT2D eigenvalue weighted by molar-refractivity contribution is 5.96. The van der Waals surface area contributed by atoms with Gasteiger partial charge in [-0.15, -0.1) is 0 Å². The Morgan fingerprint density at radius 1 is 0.562 bits per heavy atom. The number of nitrogens with zero attached hydrogens (tertiary/aromatic N) is 4. The van der Waals surface area contributed by atoms with E-state index in [1.807, 2.05) is 137 Å². The molecule has 6 atom stereocenters. The quantitative estimate of drug-likeness (QED) is 0.166. The highest BCUT2D eigenvalue weighted by Crippen LogP contribution is 2.30. The van der Waals surface area contributed by atoms with Gasteiger partial charge >= 0.3 is 0 Å². The van der Waals surface area contributed by atoms with Crippen LogP contribution in [0.4, 0.5) is 0 Å². The van der Waals surface area contributed by atoms with Crippen molar-refractivity contribution in [3.8, 4) is 11.1 Å². The molecule has 6 amide bonds. The van der Waals surface area contributed by atoms with Gasteiger partial charge in [-0.05, 0) is 128 Å². The number of nitrogens with one attached hydrogen (secondary N) is 4. The predicted molar refractivity (Wildman–Crippen MR) is 254 cm³/mol. The number of likely N-dealkylation sites (tertiary alicyclic amines) is 2. The van der Waals surface area contributed by atoms with Crippen LogP contribution in [0.5, 0.6) is 0 Å². The number of likely N-dealkylation sites (N-methyl/N-ethyl adjacent to an activating group) is 2. The Balaban J connectivity index is 1.45. The van der Waals surface area contributed by atoms with E-state index in [-0.39, 0.29) is 59.6 Å². The maximum Gasteiger partial charge on any atom is 0.254 e. The molecule has 2 aromatic carbocycles. The second-order valence-electron chi connectivity index (χ2n) is 20.5. The molecule has 0 bridgehead atoms. The SMILES string of the molecule is CN[C@@H](C)C(=O)N[C@H](C(=O)N1CCC[C@@H]1CN(C(=O)c1ccc(-c2ccc(C(=O)N(C[C@@H]3CCCN3C(=O)[C@@H](NC(=O)[C@H](C)NC)C(C)(C)C)C(C)C)cc2)cc1)C(C)C)C(C)(C)C. The van der Waals surface area contributed by atoms with Crippen molar-refractivity contribution in [3.05, 3.63) is 59.7 Å². The average Bonchev–Trinajstić information content (AvgIpc) is 3.93. The molecular formula is C50H78N8O6. The van der Waals surface area contributed by atoms with E-state index in [2.05, 4.69) is 21.3 Å². The summed E-state index contributed by atoms with van der Waals surface area (Å²) in [7, 11) is 3.42. The number of carbonyl (C=O) groups is 6. The number of rotatable bonds is 17. The summed E-state index contributed by atoms with van der Waals surface area (Å²) in [5.74, 6) is -0.965. The summed E-state index contributed by atoms with van der Waals surface area (Å²) < 4.78 is 0. The van der Waals surface area contributed by atoms with Gasteiger partial charge in [0.05, 0.1) is 12.1 Å². The van der Waals surface area contributed by atoms with Crippen LogP contribution in [0, 0.1) is 10.8 Å². The molecule has 2 aliphatic rings. The molecule has 2 aromatic rings. The van der Waals surface area contributed by atoms with Crippen molar-refractivity contribution in [2.24, 2.45) is 10.8 Å². The molecule has 2 fully saturated rings. The third-order valence-corrected chi connectivity index (χ3v) is 13.0. The lowest BCUT2D eigenvalue weighted by atomic mass is 9.85. The summed E-state index contributed by atoms with van der Waals surface area (Å²) in [4.78, 5) is 89.4. The topological polar surface area (TPSA) is 163 Å². The number of hydrogen-bond acceptors (Lipinski definition) is 8. The third kappa shape index (κ3) is 12.7. The van der Waals surface area contributed by atoms with Gasteiger partial charge in [0.25, 0.3) is 11.8 Å². The molecule has 0 unspecified atom stereocenters. The molecule has 2 saturated heterocycles. The summed E-state index contributed by atoms with van der Waals surface area (Å²) in [5.41, 5.74) is 1.84. The highest BCUT2D eigenvalue weighted by atomic mass is 16.2. The number of amides is 6. The van der Waals surface area contributed by atoms with Crippen LogP contribution in [0.25, 0.3) is 11.1 Å². The van der Waals surface area contributed by atoms with Gasteiger partial charge < -0.3 is 40.9 Å². The van der Waals surface area contributed by atoms with Crippen molar-refractivity contribution in [3.63, 3.8) is 0 Å². The van der Waals surface area contributed by atoms with Crippen molar-refractivity contribution in [2.75, 3.05) is 40.3 Å². The lowest BCUT2D eigenvalue weighted by Crippen LogP contribution is -2.59. The molecule has 354 valence electrons. The molecule has 64 heavy (non-hydrogen) atoms. The van der Waals surface area contributed by atoms with Crippen LogP contribution in [-0.4, -0.2) is 144 Å². The number of benzene rings is 2. The van der Waals surface area contributed by atoms with Crippen molar-refractivity contribution >= 4 is 35.4 Å². The predicted octanol–water partition coefficient (Wildman–Crippen LogP) is 5.31. The van der Waals surface area contributed by atoms with Crippen LogP contribution in [0.2, 0.25) is 0 Å². The van der Waals surface area contributed by atoms with Gasteiger partial charge in [-0.3, -0.25) is 28.8 Å². The minimum atomic E-state index is -0.713. The van der Waals surface area contributed by atoms with Crippen molar-refractivity contribution in [1.82, 2.24) is 40.9 Å². The molecule has 4 rings (SSSR count). The van der Waals surface area contributed by atoms with E-state index in [1.54, 1.807) is 27.9 Å². The first-order chi connectivity index (χ1) is 29.9. The van der Waals surface area contributed by atoms with Crippen molar-refractivity contribution in [1.29, 1.82) is 0 Å². The first kappa shape index (κ1) is 51.8. The largest absolute Gasteiger partial charge is 0.342 e. The molecule has 2 heterocycles. The van der Waals surface area contributed by atoms with Gasteiger partial charge in [0.15, 0.2) is 0 Å². The Morgan fingerprint density at radius 3 is 1.14 bits per heavy atom. The van der Waals surface area contributed by atoms with Gasteiger partial charge in [-0.25, -0.2) is 0 Å². The van der Waals surface area contributed by atoms with Crippen molar-refractivity contribution in [2.45, 2.75) is 157 Å². The van der Waals surface area contributed by atoms with Gasteiger partial charge in [-0.1, -0.05) is 65.8 Å². The summed E-state index contributed by atoms with van der Waals surface area (Å²) in [6.45, 7) is 25.0. The summed E-state index contributed by atoms with van der Waals surface area (Å²) in [6, 6.07) is 12.0. The molecule has 0 aromatic heterocycles. The first-order valence-electron chi connectivity index (χ1n) is 23.3. The van der Waals surface area contributed by atoms with Crippen LogP contribution in [-0.2, 0) is 19.2 Å². The minimum absolute atomic E-state index is 0.118. The van der Waals surface area contributed by atoms with Crippen molar-refractivity contribution < 1.29 is 28.8 Å². The number of hydrogen-bond donors (Lipinski definition) is 4. The smallest absolute Gasteiger partial charge is 0.254 e. The Kier molecular flexibility index (Phi) is 17.7. The van der Waals surface area contributed by atoms with Crippen LogP contribution < -0.4 is 21.3 Å². The van der Waals surface area contributed by atoms with Crippen LogP contribution >= 0.6 is 0 Å². The van der Waals surface area contributed by atoms with E-state index in [9.17, 15) is 28.8 Å². The Labute approximate surface area is 383 Å². The van der Waals surface area contributed by atoms with E-state index < -0.39 is 35.0 Å². The Morgan fingerprint density at radius 2 is 0.875 bits per heavy atom. The van der Waals surface area contributed by atoms with Gasteiger partial charge in [-0.2, -0.15) is 0 Å². The molecule has 0 saturated carbocycles. The normalized spacial score (nSPS) is 18.7. The van der Waals surface area contributed by atoms with Crippen LogP contribution in [0.15, 0.2) is 48.5 Å². The van der Waals surface area contributed by atoms with E-state index in [1.165, 1.54) is 0 Å². The second kappa shape index (κ2) is 21.9. The van der Waals surface area contributed by atoms with Crippen LogP contribution in [0.1, 0.15) is 129 Å². The third-order valence-electron chi connectivity index (χ3n) is 13.0. The summed E-state index contributed by atoms with van der Waals surface area (Å²) in [5, 5.41) is 11.9. The maximum atomic E-state index is 14.1. The lowest BCUT2D eigenvalue weighted by Gasteiger charge is -2.38. The Bertz CT molecular complexity index is 1800. The average molecular weight is 887 g/mol. The first-order valence-corrected chi connectivity index (χ1v) is 23.3. The van der Waals surface area contributed by atoms with Crippen LogP contribution in [0.3, 0.4) is 0 Å². The second-order valence-corrected chi connectivity index (χ2v) is 20.5. The molecular weight excluding hydrogens is 809 g/mol. The monoisotopic (exact) mass is 887 g/mol. The molecule has 0 radical (unpaired) electrons. The van der Waals surface area contributed by atoms with Gasteiger partial charge in [0, 0.05) is 61.5 Å². The van der Waals surface area contributed by atoms with E-state index >= 15 is 0 Å². The maximum absolute atomic E-state index is 14.1. The Hall–Kier alpha value is -4.82. The standard InChI is InChI=1S/C50H78N8O6/c1-31(2)57(29-39-17-15-27-55(39)47(63)41(49(7,8)9)53-43(59)33(5)51-13)45(61)37-23-19-35(20-24-37)36-21-25-38(26-22-36)46(62)58(32(3)4)30-40-18-16-28-56(40)48(64)42(50(10,11)12)54-44(60)34(6)52-14/h19-26,31-34,39-42,51-52H,15-18,27-30H2,1-14H3,(H,53,59)(H,54,60)/t33-,34-,39-,40+,41+,42+/m0/s1. The van der Waals surface area contributed by atoms with Gasteiger partial charge in [0.2, 0.25) is 23.6 Å². The molecule has 2 aliphatic heterocycles. The fraction of sp³-hybridized carbons (Fsp3) is 0.640. The molecule has 14 nitrogen and oxygen atoms in total. The van der Waals surface area contributed by atoms with Gasteiger partial charge in [0.1, 0.15) is 12.1 Å². The summed E-state index contributed by atoms with van der Waals surface area (Å²) >= 11 is 0. The zero-order valence-electron chi connectivity index (χ0n) is 41.1. The zero-order chi connectivity index (χ0) is 47.8.